The highest BCUT2D eigenvalue weighted by atomic mass is 32.2. The Hall–Kier alpha value is -1.07. The van der Waals surface area contributed by atoms with Crippen molar-refractivity contribution < 1.29 is 12.6 Å². The number of nitrogens with zero attached hydrogens (tertiary/aromatic N) is 1. The minimum absolute atomic E-state index is 0.446. The average Bonchev–Trinajstić information content (AvgIpc) is 2.71. The van der Waals surface area contributed by atoms with E-state index in [0.29, 0.717) is 5.75 Å². The van der Waals surface area contributed by atoms with Crippen molar-refractivity contribution in [1.82, 2.24) is 4.90 Å². The zero-order valence-corrected chi connectivity index (χ0v) is 10.7. The lowest BCUT2D eigenvalue weighted by molar-refractivity contribution is 0.327. The number of rotatable bonds is 4. The largest absolute Gasteiger partial charge is 0.382 e. The van der Waals surface area contributed by atoms with Gasteiger partial charge in [0.25, 0.3) is 0 Å². The summed E-state index contributed by atoms with van der Waals surface area (Å²) in [5.74, 6) is 0.446. The molecule has 0 unspecified atom stereocenters. The first-order valence-corrected chi connectivity index (χ1v) is 7.56. The molecular weight excluding hydrogens is 238 g/mol. The summed E-state index contributed by atoms with van der Waals surface area (Å²) < 4.78 is 27.3. The van der Waals surface area contributed by atoms with Gasteiger partial charge in [-0.2, -0.15) is 8.42 Å². The third-order valence-corrected chi connectivity index (χ3v) is 3.29. The molecule has 1 aromatic rings. The maximum atomic E-state index is 11.2. The predicted molar refractivity (Wildman–Crippen MR) is 66.4 cm³/mol. The fourth-order valence-electron chi connectivity index (χ4n) is 2.06. The second-order valence-electron chi connectivity index (χ2n) is 4.38. The van der Waals surface area contributed by atoms with Crippen LogP contribution in [0.3, 0.4) is 0 Å². The van der Waals surface area contributed by atoms with Gasteiger partial charge in [-0.05, 0) is 32.0 Å². The van der Waals surface area contributed by atoms with Crippen LogP contribution in [0, 0.1) is 0 Å². The fraction of sp³-hybridized carbons (Fsp3) is 0.500. The van der Waals surface area contributed by atoms with Gasteiger partial charge in [-0.25, -0.2) is 0 Å². The zero-order chi connectivity index (χ0) is 12.3. The lowest BCUT2D eigenvalue weighted by atomic mass is 10.2. The molecule has 0 N–H and O–H groups in total. The van der Waals surface area contributed by atoms with Crippen LogP contribution in [0.25, 0.3) is 0 Å². The lowest BCUT2D eigenvalue weighted by Crippen LogP contribution is -2.19. The number of benzene rings is 1. The Morgan fingerprint density at radius 3 is 2.53 bits per heavy atom. The van der Waals surface area contributed by atoms with Crippen LogP contribution < -0.4 is 4.18 Å². The van der Waals surface area contributed by atoms with Gasteiger partial charge in [0, 0.05) is 12.1 Å². The molecule has 94 valence electrons. The SMILES string of the molecule is CS(=O)(=O)Oc1ccccc1CN1CCCC1. The monoisotopic (exact) mass is 255 g/mol. The fourth-order valence-corrected chi connectivity index (χ4v) is 2.55. The molecule has 0 aromatic heterocycles. The van der Waals surface area contributed by atoms with Crippen LogP contribution in [0.15, 0.2) is 24.3 Å². The molecule has 0 aliphatic carbocycles. The van der Waals surface area contributed by atoms with Crippen molar-refractivity contribution in [3.05, 3.63) is 29.8 Å². The quantitative estimate of drug-likeness (QED) is 0.767. The number of likely N-dealkylation sites (tertiary alicyclic amines) is 1. The van der Waals surface area contributed by atoms with E-state index in [0.717, 1.165) is 31.5 Å². The Labute approximate surface area is 102 Å². The minimum Gasteiger partial charge on any atom is -0.382 e. The van der Waals surface area contributed by atoms with Crippen molar-refractivity contribution in [2.75, 3.05) is 19.3 Å². The highest BCUT2D eigenvalue weighted by molar-refractivity contribution is 7.86. The molecule has 0 bridgehead atoms. The van der Waals surface area contributed by atoms with E-state index in [-0.39, 0.29) is 0 Å². The molecule has 0 atom stereocenters. The predicted octanol–water partition coefficient (Wildman–Crippen LogP) is 1.62. The molecule has 0 radical (unpaired) electrons. The van der Waals surface area contributed by atoms with Crippen LogP contribution >= 0.6 is 0 Å². The molecule has 1 aromatic carbocycles. The summed E-state index contributed by atoms with van der Waals surface area (Å²) >= 11 is 0. The molecule has 5 heteroatoms. The summed E-state index contributed by atoms with van der Waals surface area (Å²) in [4.78, 5) is 2.31. The van der Waals surface area contributed by atoms with Crippen LogP contribution in [0.4, 0.5) is 0 Å². The summed E-state index contributed by atoms with van der Waals surface area (Å²) in [6.45, 7) is 2.91. The first-order valence-electron chi connectivity index (χ1n) is 5.74. The molecule has 1 aliphatic heterocycles. The molecule has 4 nitrogen and oxygen atoms in total. The molecular formula is C12H17NO3S. The maximum absolute atomic E-state index is 11.2. The molecule has 1 aliphatic rings. The Bertz CT molecular complexity index is 478. The number of hydrogen-bond donors (Lipinski definition) is 0. The molecule has 1 fully saturated rings. The molecule has 2 rings (SSSR count). The van der Waals surface area contributed by atoms with Crippen molar-refractivity contribution in [2.45, 2.75) is 19.4 Å². The van der Waals surface area contributed by atoms with E-state index in [1.165, 1.54) is 12.8 Å². The summed E-state index contributed by atoms with van der Waals surface area (Å²) in [7, 11) is -3.45. The van der Waals surface area contributed by atoms with E-state index in [4.69, 9.17) is 4.18 Å². The normalized spacial score (nSPS) is 17.2. The van der Waals surface area contributed by atoms with Gasteiger partial charge in [-0.15, -0.1) is 0 Å². The van der Waals surface area contributed by atoms with Crippen LogP contribution in [-0.2, 0) is 16.7 Å². The second kappa shape index (κ2) is 5.06. The summed E-state index contributed by atoms with van der Waals surface area (Å²) in [6, 6.07) is 7.31. The van der Waals surface area contributed by atoms with Crippen LogP contribution in [-0.4, -0.2) is 32.7 Å². The Kier molecular flexibility index (Phi) is 3.69. The van der Waals surface area contributed by atoms with Gasteiger partial charge in [-0.3, -0.25) is 4.90 Å². The maximum Gasteiger partial charge on any atom is 0.306 e. The highest BCUT2D eigenvalue weighted by Gasteiger charge is 2.15. The Morgan fingerprint density at radius 2 is 1.88 bits per heavy atom. The minimum atomic E-state index is -3.45. The van der Waals surface area contributed by atoms with Gasteiger partial charge < -0.3 is 4.18 Å². The standard InChI is InChI=1S/C12H17NO3S/c1-17(14,15)16-12-7-3-2-6-11(12)10-13-8-4-5-9-13/h2-3,6-7H,4-5,8-10H2,1H3. The molecule has 0 saturated carbocycles. The smallest absolute Gasteiger partial charge is 0.306 e. The third-order valence-electron chi connectivity index (χ3n) is 2.81. The number of hydrogen-bond acceptors (Lipinski definition) is 4. The third kappa shape index (κ3) is 3.71. The average molecular weight is 255 g/mol. The van der Waals surface area contributed by atoms with Gasteiger partial charge in [0.05, 0.1) is 6.26 Å². The highest BCUT2D eigenvalue weighted by Crippen LogP contribution is 2.22. The van der Waals surface area contributed by atoms with Gasteiger partial charge in [0.1, 0.15) is 5.75 Å². The molecule has 0 spiro atoms. The van der Waals surface area contributed by atoms with E-state index in [1.807, 2.05) is 12.1 Å². The van der Waals surface area contributed by atoms with Crippen molar-refractivity contribution in [3.63, 3.8) is 0 Å². The summed E-state index contributed by atoms with van der Waals surface area (Å²) in [5.41, 5.74) is 0.930. The van der Waals surface area contributed by atoms with Crippen LogP contribution in [0.1, 0.15) is 18.4 Å². The topological polar surface area (TPSA) is 46.6 Å². The van der Waals surface area contributed by atoms with Crippen LogP contribution in [0.5, 0.6) is 5.75 Å². The van der Waals surface area contributed by atoms with E-state index in [1.54, 1.807) is 12.1 Å². The molecule has 1 heterocycles. The van der Waals surface area contributed by atoms with E-state index < -0.39 is 10.1 Å². The van der Waals surface area contributed by atoms with Gasteiger partial charge in [0.15, 0.2) is 0 Å². The van der Waals surface area contributed by atoms with E-state index >= 15 is 0 Å². The van der Waals surface area contributed by atoms with Gasteiger partial charge >= 0.3 is 10.1 Å². The summed E-state index contributed by atoms with van der Waals surface area (Å²) in [6.07, 6.45) is 3.50. The Morgan fingerprint density at radius 1 is 1.24 bits per heavy atom. The van der Waals surface area contributed by atoms with Crippen molar-refractivity contribution >= 4 is 10.1 Å². The lowest BCUT2D eigenvalue weighted by Gasteiger charge is -2.16. The molecule has 17 heavy (non-hydrogen) atoms. The summed E-state index contributed by atoms with van der Waals surface area (Å²) in [5, 5.41) is 0. The van der Waals surface area contributed by atoms with Crippen molar-refractivity contribution in [3.8, 4) is 5.75 Å². The van der Waals surface area contributed by atoms with E-state index in [2.05, 4.69) is 4.90 Å². The number of para-hydroxylation sites is 1. The first kappa shape index (κ1) is 12.4. The van der Waals surface area contributed by atoms with Crippen molar-refractivity contribution in [2.24, 2.45) is 0 Å². The zero-order valence-electron chi connectivity index (χ0n) is 9.93. The molecule has 0 amide bonds. The van der Waals surface area contributed by atoms with Crippen molar-refractivity contribution in [1.29, 1.82) is 0 Å². The van der Waals surface area contributed by atoms with Gasteiger partial charge in [-0.1, -0.05) is 18.2 Å². The molecule has 1 saturated heterocycles. The van der Waals surface area contributed by atoms with E-state index in [9.17, 15) is 8.42 Å². The van der Waals surface area contributed by atoms with Crippen LogP contribution in [0.2, 0.25) is 0 Å². The first-order chi connectivity index (χ1) is 8.04. The Balaban J connectivity index is 2.15. The second-order valence-corrected chi connectivity index (χ2v) is 5.95. The van der Waals surface area contributed by atoms with Gasteiger partial charge in [0.2, 0.25) is 0 Å².